The molecule has 1 unspecified atom stereocenters. The first-order valence-corrected chi connectivity index (χ1v) is 9.50. The maximum Gasteiger partial charge on any atom is 0.123 e. The van der Waals surface area contributed by atoms with Crippen LogP contribution >= 0.6 is 22.7 Å². The summed E-state index contributed by atoms with van der Waals surface area (Å²) in [7, 11) is 0. The molecule has 22 heavy (non-hydrogen) atoms. The number of aromatic nitrogens is 3. The molecule has 0 amide bonds. The number of hydrogen-bond donors (Lipinski definition) is 0. The molecule has 0 N–H and O–H groups in total. The van der Waals surface area contributed by atoms with Crippen molar-refractivity contribution in [2.24, 2.45) is 0 Å². The van der Waals surface area contributed by atoms with E-state index in [-0.39, 0.29) is 5.41 Å². The molecule has 1 saturated heterocycles. The van der Waals surface area contributed by atoms with Crippen molar-refractivity contribution in [3.8, 4) is 0 Å². The quantitative estimate of drug-likeness (QED) is 0.733. The SMILES string of the molecule is Cc1nc(C2(C)CCCN(Cc3cscn3)C2)c2sccn12. The minimum atomic E-state index is 0.138. The molecule has 6 heteroatoms. The van der Waals surface area contributed by atoms with Gasteiger partial charge in [-0.3, -0.25) is 9.30 Å². The third-order valence-corrected chi connectivity index (χ3v) is 6.16. The fourth-order valence-electron chi connectivity index (χ4n) is 3.58. The number of fused-ring (bicyclic) bond motifs is 1. The molecule has 1 fully saturated rings. The van der Waals surface area contributed by atoms with Crippen LogP contribution in [0.3, 0.4) is 0 Å². The van der Waals surface area contributed by atoms with Gasteiger partial charge in [0.2, 0.25) is 0 Å². The van der Waals surface area contributed by atoms with Crippen molar-refractivity contribution in [3.63, 3.8) is 0 Å². The van der Waals surface area contributed by atoms with Crippen LogP contribution in [0.1, 0.15) is 37.0 Å². The third-order valence-electron chi connectivity index (χ3n) is 4.65. The zero-order chi connectivity index (χ0) is 15.2. The predicted octanol–water partition coefficient (Wildman–Crippen LogP) is 3.71. The normalized spacial score (nSPS) is 23.4. The molecule has 116 valence electrons. The van der Waals surface area contributed by atoms with Gasteiger partial charge in [0.05, 0.1) is 16.9 Å². The fourth-order valence-corrected chi connectivity index (χ4v) is 5.15. The lowest BCUT2D eigenvalue weighted by Gasteiger charge is -2.39. The van der Waals surface area contributed by atoms with E-state index in [1.807, 2.05) is 5.51 Å². The highest BCUT2D eigenvalue weighted by Gasteiger charge is 2.36. The molecule has 1 atom stereocenters. The maximum atomic E-state index is 4.91. The molecule has 1 aliphatic rings. The number of piperidine rings is 1. The molecule has 4 rings (SSSR count). The first-order chi connectivity index (χ1) is 10.7. The zero-order valence-electron chi connectivity index (χ0n) is 13.0. The van der Waals surface area contributed by atoms with Crippen LogP contribution in [0.2, 0.25) is 0 Å². The number of nitrogens with zero attached hydrogens (tertiary/aromatic N) is 4. The molecule has 3 aromatic heterocycles. The predicted molar refractivity (Wildman–Crippen MR) is 91.8 cm³/mol. The van der Waals surface area contributed by atoms with E-state index < -0.39 is 0 Å². The van der Waals surface area contributed by atoms with Gasteiger partial charge in [0, 0.05) is 35.5 Å². The highest BCUT2D eigenvalue weighted by Crippen LogP contribution is 2.37. The summed E-state index contributed by atoms with van der Waals surface area (Å²) >= 11 is 3.48. The van der Waals surface area contributed by atoms with E-state index in [4.69, 9.17) is 4.98 Å². The molecule has 0 bridgehead atoms. The topological polar surface area (TPSA) is 33.4 Å². The Morgan fingerprint density at radius 3 is 3.14 bits per heavy atom. The molecule has 0 aromatic carbocycles. The average molecular weight is 332 g/mol. The fraction of sp³-hybridized carbons (Fsp3) is 0.500. The van der Waals surface area contributed by atoms with Gasteiger partial charge in [-0.1, -0.05) is 6.92 Å². The molecule has 0 saturated carbocycles. The van der Waals surface area contributed by atoms with Gasteiger partial charge in [0.15, 0.2) is 0 Å². The van der Waals surface area contributed by atoms with Crippen LogP contribution < -0.4 is 0 Å². The Labute approximate surface area is 138 Å². The number of hydrogen-bond acceptors (Lipinski definition) is 5. The molecule has 4 nitrogen and oxygen atoms in total. The average Bonchev–Trinajstić information content (AvgIpc) is 3.19. The van der Waals surface area contributed by atoms with Crippen LogP contribution in [0.25, 0.3) is 4.83 Å². The molecule has 4 heterocycles. The van der Waals surface area contributed by atoms with E-state index in [1.165, 1.54) is 29.1 Å². The standard InChI is InChI=1S/C16H20N4S2/c1-12-18-14(15-20(12)6-7-22-15)16(2)4-3-5-19(10-16)8-13-9-21-11-17-13/h6-7,9,11H,3-5,8,10H2,1-2H3. The lowest BCUT2D eigenvalue weighted by atomic mass is 9.79. The first-order valence-electron chi connectivity index (χ1n) is 7.68. The Hall–Kier alpha value is -1.24. The summed E-state index contributed by atoms with van der Waals surface area (Å²) in [6, 6.07) is 0. The van der Waals surface area contributed by atoms with Gasteiger partial charge in [0.1, 0.15) is 10.7 Å². The molecule has 0 radical (unpaired) electrons. The number of likely N-dealkylation sites (tertiary alicyclic amines) is 1. The van der Waals surface area contributed by atoms with Crippen LogP contribution in [0.15, 0.2) is 22.5 Å². The van der Waals surface area contributed by atoms with E-state index in [0.717, 1.165) is 25.5 Å². The third kappa shape index (κ3) is 2.39. The maximum absolute atomic E-state index is 4.91. The summed E-state index contributed by atoms with van der Waals surface area (Å²) in [4.78, 5) is 13.2. The second-order valence-corrected chi connectivity index (χ2v) is 8.05. The van der Waals surface area contributed by atoms with E-state index in [0.29, 0.717) is 0 Å². The van der Waals surface area contributed by atoms with Crippen molar-refractivity contribution in [3.05, 3.63) is 39.7 Å². The van der Waals surface area contributed by atoms with Crippen molar-refractivity contribution in [1.29, 1.82) is 0 Å². The van der Waals surface area contributed by atoms with Gasteiger partial charge < -0.3 is 0 Å². The first kappa shape index (κ1) is 14.4. The van der Waals surface area contributed by atoms with Crippen molar-refractivity contribution in [2.75, 3.05) is 13.1 Å². The smallest absolute Gasteiger partial charge is 0.123 e. The van der Waals surface area contributed by atoms with Crippen molar-refractivity contribution < 1.29 is 0 Å². The molecular weight excluding hydrogens is 312 g/mol. The molecule has 1 aliphatic heterocycles. The molecule has 3 aromatic rings. The number of thiazole rings is 2. The van der Waals surface area contributed by atoms with E-state index >= 15 is 0 Å². The van der Waals surface area contributed by atoms with Gasteiger partial charge in [-0.2, -0.15) is 0 Å². The van der Waals surface area contributed by atoms with Crippen LogP contribution in [-0.4, -0.2) is 32.4 Å². The Bertz CT molecular complexity index is 773. The summed E-state index contributed by atoms with van der Waals surface area (Å²) in [5, 5.41) is 4.32. The minimum Gasteiger partial charge on any atom is -0.297 e. The monoisotopic (exact) mass is 332 g/mol. The summed E-state index contributed by atoms with van der Waals surface area (Å²) < 4.78 is 2.23. The lowest BCUT2D eigenvalue weighted by molar-refractivity contribution is 0.147. The summed E-state index contributed by atoms with van der Waals surface area (Å²) in [6.45, 7) is 7.66. The van der Waals surface area contributed by atoms with Crippen LogP contribution in [0.5, 0.6) is 0 Å². The highest BCUT2D eigenvalue weighted by atomic mass is 32.1. The van der Waals surface area contributed by atoms with Crippen molar-refractivity contribution in [1.82, 2.24) is 19.3 Å². The van der Waals surface area contributed by atoms with E-state index in [2.05, 4.69) is 45.1 Å². The second-order valence-electron chi connectivity index (χ2n) is 6.44. The van der Waals surface area contributed by atoms with Crippen molar-refractivity contribution >= 4 is 27.5 Å². The summed E-state index contributed by atoms with van der Waals surface area (Å²) in [5.41, 5.74) is 4.53. The Kier molecular flexibility index (Phi) is 3.55. The second kappa shape index (κ2) is 5.44. The summed E-state index contributed by atoms with van der Waals surface area (Å²) in [6.07, 6.45) is 4.57. The molecule has 0 aliphatic carbocycles. The lowest BCUT2D eigenvalue weighted by Crippen LogP contribution is -2.44. The Morgan fingerprint density at radius 2 is 2.32 bits per heavy atom. The van der Waals surface area contributed by atoms with Crippen molar-refractivity contribution in [2.45, 2.75) is 38.6 Å². The van der Waals surface area contributed by atoms with Crippen LogP contribution in [0.4, 0.5) is 0 Å². The highest BCUT2D eigenvalue weighted by molar-refractivity contribution is 7.15. The van der Waals surface area contributed by atoms with Gasteiger partial charge in [-0.05, 0) is 26.3 Å². The number of imidazole rings is 1. The van der Waals surface area contributed by atoms with Gasteiger partial charge >= 0.3 is 0 Å². The largest absolute Gasteiger partial charge is 0.297 e. The van der Waals surface area contributed by atoms with E-state index in [1.54, 1.807) is 22.7 Å². The number of rotatable bonds is 3. The van der Waals surface area contributed by atoms with Crippen LogP contribution in [0, 0.1) is 6.92 Å². The number of aryl methyl sites for hydroxylation is 1. The molecular formula is C16H20N4S2. The molecule has 0 spiro atoms. The van der Waals surface area contributed by atoms with Crippen LogP contribution in [-0.2, 0) is 12.0 Å². The van der Waals surface area contributed by atoms with Gasteiger partial charge in [0.25, 0.3) is 0 Å². The van der Waals surface area contributed by atoms with Gasteiger partial charge in [-0.15, -0.1) is 22.7 Å². The van der Waals surface area contributed by atoms with Gasteiger partial charge in [-0.25, -0.2) is 9.97 Å². The van der Waals surface area contributed by atoms with E-state index in [9.17, 15) is 0 Å². The Balaban J connectivity index is 1.63. The zero-order valence-corrected chi connectivity index (χ0v) is 14.6. The minimum absolute atomic E-state index is 0.138. The Morgan fingerprint density at radius 1 is 1.41 bits per heavy atom. The summed E-state index contributed by atoms with van der Waals surface area (Å²) in [5.74, 6) is 1.10.